The first-order chi connectivity index (χ1) is 8.70. The van der Waals surface area contributed by atoms with E-state index in [1.54, 1.807) is 19.4 Å². The Morgan fingerprint density at radius 1 is 1.28 bits per heavy atom. The molecule has 0 spiro atoms. The average molecular weight is 264 g/mol. The molecule has 4 heteroatoms. The van der Waals surface area contributed by atoms with E-state index < -0.39 is 6.10 Å². The summed E-state index contributed by atoms with van der Waals surface area (Å²) in [5.41, 5.74) is 1.70. The summed E-state index contributed by atoms with van der Waals surface area (Å²) in [5.74, 6) is 0.457. The maximum Gasteiger partial charge on any atom is 0.218 e. The second kappa shape index (κ2) is 5.85. The van der Waals surface area contributed by atoms with E-state index in [1.165, 1.54) is 0 Å². The molecule has 94 valence electrons. The van der Waals surface area contributed by atoms with Gasteiger partial charge in [0.2, 0.25) is 5.88 Å². The van der Waals surface area contributed by atoms with Crippen LogP contribution in [-0.2, 0) is 6.42 Å². The van der Waals surface area contributed by atoms with Crippen LogP contribution in [0.25, 0.3) is 0 Å². The molecule has 0 amide bonds. The maximum atomic E-state index is 10.2. The summed E-state index contributed by atoms with van der Waals surface area (Å²) in [6, 6.07) is 11.0. The standard InChI is InChI=1S/C14H14ClNO2/c1-18-14-12(3-2-8-16-14)13(17)9-10-4-6-11(15)7-5-10/h2-8,13,17H,9H2,1H3. The van der Waals surface area contributed by atoms with E-state index in [9.17, 15) is 5.11 Å². The fraction of sp³-hybridized carbons (Fsp3) is 0.214. The van der Waals surface area contributed by atoms with Crippen LogP contribution < -0.4 is 4.74 Å². The third-order valence-corrected chi connectivity index (χ3v) is 2.95. The number of methoxy groups -OCH3 is 1. The van der Waals surface area contributed by atoms with Gasteiger partial charge in [-0.1, -0.05) is 23.7 Å². The molecule has 1 aromatic carbocycles. The zero-order valence-corrected chi connectivity index (χ0v) is 10.8. The molecule has 0 saturated carbocycles. The molecule has 0 bridgehead atoms. The molecule has 1 heterocycles. The van der Waals surface area contributed by atoms with Crippen molar-refractivity contribution in [3.05, 3.63) is 58.7 Å². The van der Waals surface area contributed by atoms with Gasteiger partial charge in [0.25, 0.3) is 0 Å². The van der Waals surface area contributed by atoms with E-state index in [0.29, 0.717) is 22.9 Å². The van der Waals surface area contributed by atoms with Gasteiger partial charge in [-0.2, -0.15) is 0 Å². The highest BCUT2D eigenvalue weighted by atomic mass is 35.5. The van der Waals surface area contributed by atoms with Crippen molar-refractivity contribution in [2.75, 3.05) is 7.11 Å². The molecule has 1 N–H and O–H groups in total. The highest BCUT2D eigenvalue weighted by Crippen LogP contribution is 2.25. The van der Waals surface area contributed by atoms with Gasteiger partial charge in [-0.05, 0) is 29.8 Å². The number of ether oxygens (including phenoxy) is 1. The van der Waals surface area contributed by atoms with Crippen LogP contribution in [-0.4, -0.2) is 17.2 Å². The lowest BCUT2D eigenvalue weighted by atomic mass is 10.0. The molecule has 1 atom stereocenters. The van der Waals surface area contributed by atoms with Gasteiger partial charge in [0.15, 0.2) is 0 Å². The third kappa shape index (κ3) is 3.00. The molecule has 0 aliphatic carbocycles. The molecule has 3 nitrogen and oxygen atoms in total. The Kier molecular flexibility index (Phi) is 4.18. The Bertz CT molecular complexity index is 513. The predicted molar refractivity (Wildman–Crippen MR) is 70.9 cm³/mol. The minimum absolute atomic E-state index is 0.457. The molecule has 0 aliphatic heterocycles. The number of aliphatic hydroxyl groups excluding tert-OH is 1. The molecule has 18 heavy (non-hydrogen) atoms. The fourth-order valence-electron chi connectivity index (χ4n) is 1.78. The minimum Gasteiger partial charge on any atom is -0.481 e. The number of halogens is 1. The molecule has 1 aromatic heterocycles. The topological polar surface area (TPSA) is 42.4 Å². The number of pyridine rings is 1. The lowest BCUT2D eigenvalue weighted by molar-refractivity contribution is 0.173. The lowest BCUT2D eigenvalue weighted by Crippen LogP contribution is -2.05. The van der Waals surface area contributed by atoms with Crippen LogP contribution in [0.3, 0.4) is 0 Å². The second-order valence-corrected chi connectivity index (χ2v) is 4.38. The van der Waals surface area contributed by atoms with E-state index in [4.69, 9.17) is 16.3 Å². The van der Waals surface area contributed by atoms with Crippen molar-refractivity contribution in [3.63, 3.8) is 0 Å². The first-order valence-electron chi connectivity index (χ1n) is 5.62. The normalized spacial score (nSPS) is 12.2. The number of aromatic nitrogens is 1. The molecule has 1 unspecified atom stereocenters. The number of aliphatic hydroxyl groups is 1. The van der Waals surface area contributed by atoms with Crippen LogP contribution in [0, 0.1) is 0 Å². The van der Waals surface area contributed by atoms with Crippen molar-refractivity contribution < 1.29 is 9.84 Å². The number of benzene rings is 1. The van der Waals surface area contributed by atoms with Gasteiger partial charge >= 0.3 is 0 Å². The van der Waals surface area contributed by atoms with Crippen LogP contribution in [0.2, 0.25) is 5.02 Å². The van der Waals surface area contributed by atoms with Crippen molar-refractivity contribution in [3.8, 4) is 5.88 Å². The fourth-order valence-corrected chi connectivity index (χ4v) is 1.91. The first-order valence-corrected chi connectivity index (χ1v) is 6.00. The molecule has 0 radical (unpaired) electrons. The Morgan fingerprint density at radius 3 is 2.67 bits per heavy atom. The SMILES string of the molecule is COc1ncccc1C(O)Cc1ccc(Cl)cc1. The van der Waals surface area contributed by atoms with Gasteiger partial charge in [-0.15, -0.1) is 0 Å². The van der Waals surface area contributed by atoms with E-state index in [1.807, 2.05) is 30.3 Å². The molecular formula is C14H14ClNO2. The minimum atomic E-state index is -0.644. The van der Waals surface area contributed by atoms with Crippen LogP contribution in [0.5, 0.6) is 5.88 Å². The molecule has 0 saturated heterocycles. The maximum absolute atomic E-state index is 10.2. The zero-order valence-electron chi connectivity index (χ0n) is 10.0. The Morgan fingerprint density at radius 2 is 2.00 bits per heavy atom. The van der Waals surface area contributed by atoms with E-state index in [2.05, 4.69) is 4.98 Å². The van der Waals surface area contributed by atoms with Crippen LogP contribution in [0.15, 0.2) is 42.6 Å². The predicted octanol–water partition coefficient (Wildman–Crippen LogP) is 3.02. The van der Waals surface area contributed by atoms with E-state index in [-0.39, 0.29) is 0 Å². The number of rotatable bonds is 4. The highest BCUT2D eigenvalue weighted by Gasteiger charge is 2.14. The third-order valence-electron chi connectivity index (χ3n) is 2.70. The largest absolute Gasteiger partial charge is 0.481 e. The van der Waals surface area contributed by atoms with Crippen molar-refractivity contribution in [1.82, 2.24) is 4.98 Å². The summed E-state index contributed by atoms with van der Waals surface area (Å²) in [6.07, 6.45) is 1.49. The van der Waals surface area contributed by atoms with Gasteiger partial charge in [0, 0.05) is 23.2 Å². The quantitative estimate of drug-likeness (QED) is 0.922. The van der Waals surface area contributed by atoms with Gasteiger partial charge in [-0.25, -0.2) is 4.98 Å². The molecule has 0 aliphatic rings. The molecular weight excluding hydrogens is 250 g/mol. The van der Waals surface area contributed by atoms with Gasteiger partial charge in [-0.3, -0.25) is 0 Å². The number of hydrogen-bond donors (Lipinski definition) is 1. The van der Waals surface area contributed by atoms with Gasteiger partial charge in [0.05, 0.1) is 13.2 Å². The summed E-state index contributed by atoms with van der Waals surface area (Å²) < 4.78 is 5.13. The molecule has 2 aromatic rings. The van der Waals surface area contributed by atoms with Gasteiger partial charge in [0.1, 0.15) is 0 Å². The van der Waals surface area contributed by atoms with Crippen molar-refractivity contribution >= 4 is 11.6 Å². The number of hydrogen-bond acceptors (Lipinski definition) is 3. The van der Waals surface area contributed by atoms with Crippen molar-refractivity contribution in [1.29, 1.82) is 0 Å². The van der Waals surface area contributed by atoms with Crippen LogP contribution >= 0.6 is 11.6 Å². The molecule has 2 rings (SSSR count). The Labute approximate surface area is 111 Å². The summed E-state index contributed by atoms with van der Waals surface area (Å²) >= 11 is 5.82. The van der Waals surface area contributed by atoms with Crippen molar-refractivity contribution in [2.45, 2.75) is 12.5 Å². The zero-order chi connectivity index (χ0) is 13.0. The summed E-state index contributed by atoms with van der Waals surface area (Å²) in [6.45, 7) is 0. The summed E-state index contributed by atoms with van der Waals surface area (Å²) in [7, 11) is 1.54. The molecule has 0 fully saturated rings. The smallest absolute Gasteiger partial charge is 0.218 e. The van der Waals surface area contributed by atoms with Crippen molar-refractivity contribution in [2.24, 2.45) is 0 Å². The monoisotopic (exact) mass is 263 g/mol. The Hall–Kier alpha value is -1.58. The highest BCUT2D eigenvalue weighted by molar-refractivity contribution is 6.30. The second-order valence-electron chi connectivity index (χ2n) is 3.95. The first kappa shape index (κ1) is 12.9. The van der Waals surface area contributed by atoms with E-state index >= 15 is 0 Å². The van der Waals surface area contributed by atoms with Crippen LogP contribution in [0.4, 0.5) is 0 Å². The summed E-state index contributed by atoms with van der Waals surface area (Å²) in [4.78, 5) is 4.07. The van der Waals surface area contributed by atoms with Gasteiger partial charge < -0.3 is 9.84 Å². The lowest BCUT2D eigenvalue weighted by Gasteiger charge is -2.13. The Balaban J connectivity index is 2.16. The van der Waals surface area contributed by atoms with Crippen LogP contribution in [0.1, 0.15) is 17.2 Å². The summed E-state index contributed by atoms with van der Waals surface area (Å²) in [5, 5.41) is 10.9. The number of nitrogens with zero attached hydrogens (tertiary/aromatic N) is 1. The average Bonchev–Trinajstić information content (AvgIpc) is 2.41. The van der Waals surface area contributed by atoms with E-state index in [0.717, 1.165) is 5.56 Å².